The van der Waals surface area contributed by atoms with Crippen LogP contribution in [0.25, 0.3) is 17.1 Å². The standard InChI is InChI=1S/C13H7Cl2FN4S/c14-9-5-8(16)6-10(15)11(9)20-12(18-19-13(20)21)7-1-3-17-4-2-7/h1-6H,(H,19,21). The van der Waals surface area contributed by atoms with E-state index < -0.39 is 5.82 Å². The van der Waals surface area contributed by atoms with Crippen molar-refractivity contribution in [2.45, 2.75) is 0 Å². The van der Waals surface area contributed by atoms with Gasteiger partial charge in [0.25, 0.3) is 0 Å². The van der Waals surface area contributed by atoms with Crippen LogP contribution in [0, 0.1) is 10.6 Å². The van der Waals surface area contributed by atoms with Crippen molar-refractivity contribution in [2.24, 2.45) is 0 Å². The minimum Gasteiger partial charge on any atom is -0.265 e. The maximum absolute atomic E-state index is 13.3. The fourth-order valence-electron chi connectivity index (χ4n) is 1.95. The van der Waals surface area contributed by atoms with E-state index in [2.05, 4.69) is 15.2 Å². The molecular weight excluding hydrogens is 334 g/mol. The van der Waals surface area contributed by atoms with Crippen LogP contribution < -0.4 is 0 Å². The third-order valence-corrected chi connectivity index (χ3v) is 3.67. The highest BCUT2D eigenvalue weighted by molar-refractivity contribution is 7.71. The van der Waals surface area contributed by atoms with Gasteiger partial charge in [-0.15, -0.1) is 0 Å². The Morgan fingerprint density at radius 3 is 2.38 bits per heavy atom. The molecule has 0 radical (unpaired) electrons. The Hall–Kier alpha value is -1.76. The predicted octanol–water partition coefficient (Wildman–Crippen LogP) is 4.44. The van der Waals surface area contributed by atoms with E-state index in [0.717, 1.165) is 5.56 Å². The smallest absolute Gasteiger partial charge is 0.200 e. The van der Waals surface area contributed by atoms with Gasteiger partial charge in [0.15, 0.2) is 10.6 Å². The molecule has 0 saturated heterocycles. The van der Waals surface area contributed by atoms with E-state index in [1.807, 2.05) is 0 Å². The Kier molecular flexibility index (Phi) is 3.75. The Balaban J connectivity index is 2.30. The third kappa shape index (κ3) is 2.57. The quantitative estimate of drug-likeness (QED) is 0.701. The zero-order valence-electron chi connectivity index (χ0n) is 10.3. The average Bonchev–Trinajstić information content (AvgIpc) is 2.81. The van der Waals surface area contributed by atoms with Crippen LogP contribution in [0.15, 0.2) is 36.7 Å². The summed E-state index contributed by atoms with van der Waals surface area (Å²) in [6.45, 7) is 0. The molecule has 1 aromatic carbocycles. The van der Waals surface area contributed by atoms with Crippen LogP contribution in [0.5, 0.6) is 0 Å². The van der Waals surface area contributed by atoms with Gasteiger partial charge in [0.05, 0.1) is 15.7 Å². The Bertz CT molecular complexity index is 837. The molecule has 21 heavy (non-hydrogen) atoms. The first kappa shape index (κ1) is 14.2. The van der Waals surface area contributed by atoms with Crippen LogP contribution in [-0.2, 0) is 0 Å². The van der Waals surface area contributed by atoms with Gasteiger partial charge in [-0.05, 0) is 36.5 Å². The van der Waals surface area contributed by atoms with Crippen LogP contribution in [0.3, 0.4) is 0 Å². The summed E-state index contributed by atoms with van der Waals surface area (Å²) < 4.78 is 15.2. The molecule has 2 heterocycles. The zero-order chi connectivity index (χ0) is 15.0. The molecule has 1 N–H and O–H groups in total. The summed E-state index contributed by atoms with van der Waals surface area (Å²) in [5, 5.41) is 7.15. The van der Waals surface area contributed by atoms with Gasteiger partial charge in [0, 0.05) is 18.0 Å². The molecule has 0 atom stereocenters. The summed E-state index contributed by atoms with van der Waals surface area (Å²) in [4.78, 5) is 3.95. The molecule has 0 unspecified atom stereocenters. The molecule has 3 aromatic rings. The molecule has 3 rings (SSSR count). The molecule has 4 nitrogen and oxygen atoms in total. The Morgan fingerprint density at radius 2 is 1.76 bits per heavy atom. The molecule has 0 fully saturated rings. The maximum Gasteiger partial charge on any atom is 0.200 e. The van der Waals surface area contributed by atoms with E-state index in [0.29, 0.717) is 16.3 Å². The van der Waals surface area contributed by atoms with E-state index in [1.54, 1.807) is 29.1 Å². The SMILES string of the molecule is Fc1cc(Cl)c(-n2c(-c3ccncc3)n[nH]c2=S)c(Cl)c1. The van der Waals surface area contributed by atoms with Gasteiger partial charge in [0.1, 0.15) is 5.82 Å². The van der Waals surface area contributed by atoms with E-state index >= 15 is 0 Å². The highest BCUT2D eigenvalue weighted by atomic mass is 35.5. The van der Waals surface area contributed by atoms with Crippen LogP contribution in [0.1, 0.15) is 0 Å². The van der Waals surface area contributed by atoms with E-state index in [9.17, 15) is 4.39 Å². The van der Waals surface area contributed by atoms with Crippen molar-refractivity contribution in [3.05, 3.63) is 57.3 Å². The summed E-state index contributed by atoms with van der Waals surface area (Å²) >= 11 is 17.4. The summed E-state index contributed by atoms with van der Waals surface area (Å²) in [7, 11) is 0. The minimum atomic E-state index is -0.519. The third-order valence-electron chi connectivity index (χ3n) is 2.82. The zero-order valence-corrected chi connectivity index (χ0v) is 12.7. The Morgan fingerprint density at radius 1 is 1.14 bits per heavy atom. The number of benzene rings is 1. The van der Waals surface area contributed by atoms with Gasteiger partial charge in [-0.2, -0.15) is 5.10 Å². The molecule has 0 aliphatic carbocycles. The monoisotopic (exact) mass is 340 g/mol. The van der Waals surface area contributed by atoms with Gasteiger partial charge in [-0.25, -0.2) is 4.39 Å². The van der Waals surface area contributed by atoms with Gasteiger partial charge in [-0.3, -0.25) is 14.6 Å². The van der Waals surface area contributed by atoms with E-state index in [-0.39, 0.29) is 10.0 Å². The number of aromatic nitrogens is 4. The molecule has 0 aliphatic rings. The van der Waals surface area contributed by atoms with Crippen molar-refractivity contribution in [3.63, 3.8) is 0 Å². The number of hydrogen-bond acceptors (Lipinski definition) is 3. The first-order valence-corrected chi connectivity index (χ1v) is 6.97. The number of halogens is 3. The van der Waals surface area contributed by atoms with Crippen molar-refractivity contribution >= 4 is 35.4 Å². The minimum absolute atomic E-state index is 0.146. The summed E-state index contributed by atoms with van der Waals surface area (Å²) in [5.74, 6) is -0.00738. The number of H-pyrrole nitrogens is 1. The van der Waals surface area contributed by atoms with Gasteiger partial charge < -0.3 is 0 Å². The predicted molar refractivity (Wildman–Crippen MR) is 82.0 cm³/mol. The summed E-state index contributed by atoms with van der Waals surface area (Å²) in [5.41, 5.74) is 1.15. The van der Waals surface area contributed by atoms with E-state index in [4.69, 9.17) is 35.4 Å². The summed E-state index contributed by atoms with van der Waals surface area (Å²) in [6, 6.07) is 5.89. The normalized spacial score (nSPS) is 10.8. The number of aromatic amines is 1. The molecule has 0 spiro atoms. The molecule has 2 aromatic heterocycles. The molecule has 106 valence electrons. The molecule has 0 bridgehead atoms. The molecular formula is C13H7Cl2FN4S. The second kappa shape index (κ2) is 5.55. The number of nitrogens with zero attached hydrogens (tertiary/aromatic N) is 3. The number of pyridine rings is 1. The van der Waals surface area contributed by atoms with Crippen molar-refractivity contribution in [3.8, 4) is 17.1 Å². The maximum atomic E-state index is 13.3. The average molecular weight is 341 g/mol. The highest BCUT2D eigenvalue weighted by Gasteiger charge is 2.17. The fourth-order valence-corrected chi connectivity index (χ4v) is 2.80. The van der Waals surface area contributed by atoms with Gasteiger partial charge in [0.2, 0.25) is 0 Å². The van der Waals surface area contributed by atoms with E-state index in [1.165, 1.54) is 12.1 Å². The lowest BCUT2D eigenvalue weighted by molar-refractivity contribution is 0.627. The van der Waals surface area contributed by atoms with Gasteiger partial charge in [-0.1, -0.05) is 23.2 Å². The molecule has 0 saturated carbocycles. The second-order valence-corrected chi connectivity index (χ2v) is 5.34. The van der Waals surface area contributed by atoms with Crippen molar-refractivity contribution in [1.29, 1.82) is 0 Å². The highest BCUT2D eigenvalue weighted by Crippen LogP contribution is 2.32. The lowest BCUT2D eigenvalue weighted by Gasteiger charge is -2.11. The topological polar surface area (TPSA) is 46.5 Å². The van der Waals surface area contributed by atoms with Crippen LogP contribution in [-0.4, -0.2) is 19.7 Å². The van der Waals surface area contributed by atoms with Crippen molar-refractivity contribution in [2.75, 3.05) is 0 Å². The van der Waals surface area contributed by atoms with Gasteiger partial charge >= 0.3 is 0 Å². The van der Waals surface area contributed by atoms with Crippen molar-refractivity contribution < 1.29 is 4.39 Å². The lowest BCUT2D eigenvalue weighted by atomic mass is 10.2. The Labute approximate surface area is 134 Å². The molecule has 0 aliphatic heterocycles. The lowest BCUT2D eigenvalue weighted by Crippen LogP contribution is -2.00. The first-order chi connectivity index (χ1) is 10.1. The number of nitrogens with one attached hydrogen (secondary N) is 1. The number of rotatable bonds is 2. The first-order valence-electron chi connectivity index (χ1n) is 5.80. The van der Waals surface area contributed by atoms with Crippen molar-refractivity contribution in [1.82, 2.24) is 19.7 Å². The fraction of sp³-hybridized carbons (Fsp3) is 0. The molecule has 8 heteroatoms. The largest absolute Gasteiger partial charge is 0.265 e. The van der Waals surface area contributed by atoms with Crippen LogP contribution in [0.4, 0.5) is 4.39 Å². The second-order valence-electron chi connectivity index (χ2n) is 4.14. The number of hydrogen-bond donors (Lipinski definition) is 1. The summed E-state index contributed by atoms with van der Waals surface area (Å²) in [6.07, 6.45) is 3.26. The molecule has 0 amide bonds. The van der Waals surface area contributed by atoms with Crippen LogP contribution in [0.2, 0.25) is 10.0 Å². The van der Waals surface area contributed by atoms with Crippen LogP contribution >= 0.6 is 35.4 Å².